The molecule has 0 saturated heterocycles. The van der Waals surface area contributed by atoms with Gasteiger partial charge in [0.15, 0.2) is 6.79 Å². The monoisotopic (exact) mass is 350 g/mol. The highest BCUT2D eigenvalue weighted by Gasteiger charge is 2.00. The van der Waals surface area contributed by atoms with Gasteiger partial charge in [-0.3, -0.25) is 11.0 Å². The summed E-state index contributed by atoms with van der Waals surface area (Å²) in [5, 5.41) is 1.33. The van der Waals surface area contributed by atoms with Crippen molar-refractivity contribution in [3.05, 3.63) is 82.9 Å². The van der Waals surface area contributed by atoms with Crippen molar-refractivity contribution < 1.29 is 9.68 Å². The van der Waals surface area contributed by atoms with Crippen LogP contribution in [0, 0.1) is 0 Å². The number of benzene rings is 2. The zero-order chi connectivity index (χ0) is 16.7. The second-order valence-electron chi connectivity index (χ2n) is 4.58. The van der Waals surface area contributed by atoms with Gasteiger partial charge in [0.25, 0.3) is 0 Å². The molecule has 0 bridgehead atoms. The van der Waals surface area contributed by atoms with Gasteiger partial charge in [0, 0.05) is 10.0 Å². The number of nitrogens with one attached hydrogen (secondary N) is 2. The van der Waals surface area contributed by atoms with Crippen molar-refractivity contribution in [2.45, 2.75) is 0 Å². The highest BCUT2D eigenvalue weighted by atomic mass is 35.5. The highest BCUT2D eigenvalue weighted by Crippen LogP contribution is 2.15. The SMILES string of the molecule is C=C(NOCONC(=C)c1ccc(Cl)cc1)c1ccc(Cl)cc1. The molecular weight excluding hydrogens is 335 g/mol. The van der Waals surface area contributed by atoms with Gasteiger partial charge in [0.05, 0.1) is 11.4 Å². The van der Waals surface area contributed by atoms with E-state index in [9.17, 15) is 0 Å². The van der Waals surface area contributed by atoms with E-state index in [2.05, 4.69) is 24.1 Å². The fourth-order valence-corrected chi connectivity index (χ4v) is 1.93. The Balaban J connectivity index is 1.67. The summed E-state index contributed by atoms with van der Waals surface area (Å²) in [6, 6.07) is 14.4. The molecule has 6 heteroatoms. The van der Waals surface area contributed by atoms with Crippen LogP contribution in [-0.2, 0) is 9.68 Å². The van der Waals surface area contributed by atoms with Gasteiger partial charge in [0.2, 0.25) is 0 Å². The molecule has 0 heterocycles. The van der Waals surface area contributed by atoms with Gasteiger partial charge in [-0.25, -0.2) is 9.68 Å². The van der Waals surface area contributed by atoms with Crippen LogP contribution in [0.3, 0.4) is 0 Å². The van der Waals surface area contributed by atoms with Crippen LogP contribution in [-0.4, -0.2) is 6.79 Å². The molecule has 2 aromatic rings. The van der Waals surface area contributed by atoms with Crippen LogP contribution < -0.4 is 11.0 Å². The molecule has 120 valence electrons. The molecule has 0 spiro atoms. The molecule has 0 fully saturated rings. The van der Waals surface area contributed by atoms with Crippen molar-refractivity contribution in [3.63, 3.8) is 0 Å². The van der Waals surface area contributed by atoms with E-state index in [1.165, 1.54) is 0 Å². The lowest BCUT2D eigenvalue weighted by Gasteiger charge is -2.12. The zero-order valence-corrected chi connectivity index (χ0v) is 13.8. The predicted octanol–water partition coefficient (Wildman–Crippen LogP) is 4.63. The second kappa shape index (κ2) is 8.60. The number of rotatable bonds is 8. The quantitative estimate of drug-likeness (QED) is 0.413. The van der Waals surface area contributed by atoms with Gasteiger partial charge in [-0.1, -0.05) is 60.6 Å². The Morgan fingerprint density at radius 3 is 1.43 bits per heavy atom. The van der Waals surface area contributed by atoms with Crippen molar-refractivity contribution in [2.75, 3.05) is 6.79 Å². The maximum Gasteiger partial charge on any atom is 0.199 e. The van der Waals surface area contributed by atoms with E-state index in [0.717, 1.165) is 11.1 Å². The summed E-state index contributed by atoms with van der Waals surface area (Å²) < 4.78 is 0. The van der Waals surface area contributed by atoms with Gasteiger partial charge >= 0.3 is 0 Å². The van der Waals surface area contributed by atoms with E-state index in [4.69, 9.17) is 32.9 Å². The highest BCUT2D eigenvalue weighted by molar-refractivity contribution is 6.30. The zero-order valence-electron chi connectivity index (χ0n) is 12.3. The lowest BCUT2D eigenvalue weighted by atomic mass is 10.2. The van der Waals surface area contributed by atoms with E-state index in [1.54, 1.807) is 24.3 Å². The first kappa shape index (κ1) is 17.4. The van der Waals surface area contributed by atoms with Crippen LogP contribution >= 0.6 is 23.2 Å². The fraction of sp³-hybridized carbons (Fsp3) is 0.0588. The number of hydrogen-bond donors (Lipinski definition) is 2. The molecule has 23 heavy (non-hydrogen) atoms. The summed E-state index contributed by atoms with van der Waals surface area (Å²) in [5.41, 5.74) is 8.31. The van der Waals surface area contributed by atoms with Crippen LogP contribution in [0.4, 0.5) is 0 Å². The largest absolute Gasteiger partial charge is 0.264 e. The molecule has 2 rings (SSSR count). The van der Waals surface area contributed by atoms with Gasteiger partial charge in [0.1, 0.15) is 0 Å². The molecule has 2 N–H and O–H groups in total. The smallest absolute Gasteiger partial charge is 0.199 e. The van der Waals surface area contributed by atoms with Crippen LogP contribution in [0.1, 0.15) is 11.1 Å². The summed E-state index contributed by atoms with van der Waals surface area (Å²) in [6.07, 6.45) is 0. The molecule has 0 aliphatic rings. The molecule has 0 aliphatic heterocycles. The molecule has 0 aromatic heterocycles. The third-order valence-corrected chi connectivity index (χ3v) is 3.40. The first-order chi connectivity index (χ1) is 11.1. The van der Waals surface area contributed by atoms with Crippen LogP contribution in [0.2, 0.25) is 10.0 Å². The van der Waals surface area contributed by atoms with E-state index in [1.807, 2.05) is 24.3 Å². The third-order valence-electron chi connectivity index (χ3n) is 2.89. The minimum absolute atomic E-state index is 0.0424. The van der Waals surface area contributed by atoms with Gasteiger partial charge in [-0.15, -0.1) is 0 Å². The number of halogens is 2. The molecule has 2 aromatic carbocycles. The van der Waals surface area contributed by atoms with Gasteiger partial charge in [-0.05, 0) is 35.4 Å². The first-order valence-electron chi connectivity index (χ1n) is 6.71. The summed E-state index contributed by atoms with van der Waals surface area (Å²) in [4.78, 5) is 10.3. The van der Waals surface area contributed by atoms with Gasteiger partial charge < -0.3 is 0 Å². The lowest BCUT2D eigenvalue weighted by Crippen LogP contribution is -2.20. The fourth-order valence-electron chi connectivity index (χ4n) is 1.68. The number of hydroxylamine groups is 2. The third kappa shape index (κ3) is 5.62. The van der Waals surface area contributed by atoms with Gasteiger partial charge in [-0.2, -0.15) is 0 Å². The van der Waals surface area contributed by atoms with Crippen molar-refractivity contribution in [1.82, 2.24) is 11.0 Å². The Bertz CT molecular complexity index is 610. The summed E-state index contributed by atoms with van der Waals surface area (Å²) in [6.45, 7) is 7.67. The standard InChI is InChI=1S/C17H16Cl2N2O2/c1-12(14-3-7-16(18)8-4-14)20-22-11-23-21-13(2)15-5-9-17(19)10-6-15/h3-10,20-21H,1-2,11H2. The summed E-state index contributed by atoms with van der Waals surface area (Å²) in [7, 11) is 0. The van der Waals surface area contributed by atoms with Crippen LogP contribution in [0.25, 0.3) is 11.4 Å². The Labute approximate surface area is 145 Å². The first-order valence-corrected chi connectivity index (χ1v) is 7.47. The van der Waals surface area contributed by atoms with E-state index >= 15 is 0 Å². The number of hydrogen-bond acceptors (Lipinski definition) is 4. The minimum atomic E-state index is -0.0424. The van der Waals surface area contributed by atoms with Crippen molar-refractivity contribution in [2.24, 2.45) is 0 Å². The summed E-state index contributed by atoms with van der Waals surface area (Å²) in [5.74, 6) is 0. The maximum absolute atomic E-state index is 5.83. The van der Waals surface area contributed by atoms with E-state index in [-0.39, 0.29) is 6.79 Å². The molecular formula is C17H16Cl2N2O2. The minimum Gasteiger partial charge on any atom is -0.264 e. The lowest BCUT2D eigenvalue weighted by molar-refractivity contribution is -0.107. The average Bonchev–Trinajstić information content (AvgIpc) is 2.55. The van der Waals surface area contributed by atoms with Crippen LogP contribution in [0.15, 0.2) is 61.7 Å². The Kier molecular flexibility index (Phi) is 6.50. The second-order valence-corrected chi connectivity index (χ2v) is 5.45. The molecule has 0 unspecified atom stereocenters. The average molecular weight is 351 g/mol. The molecule has 0 amide bonds. The predicted molar refractivity (Wildman–Crippen MR) is 94.3 cm³/mol. The van der Waals surface area contributed by atoms with Crippen molar-refractivity contribution >= 4 is 34.6 Å². The topological polar surface area (TPSA) is 42.5 Å². The molecule has 0 aliphatic carbocycles. The Morgan fingerprint density at radius 1 is 0.739 bits per heavy atom. The van der Waals surface area contributed by atoms with E-state index < -0.39 is 0 Å². The Hall–Kier alpha value is -1.98. The van der Waals surface area contributed by atoms with Crippen molar-refractivity contribution in [1.29, 1.82) is 0 Å². The molecule has 0 radical (unpaired) electrons. The normalized spacial score (nSPS) is 10.2. The van der Waals surface area contributed by atoms with Crippen LogP contribution in [0.5, 0.6) is 0 Å². The molecule has 0 saturated carbocycles. The molecule has 4 nitrogen and oxygen atoms in total. The van der Waals surface area contributed by atoms with Crippen molar-refractivity contribution in [3.8, 4) is 0 Å². The summed E-state index contributed by atoms with van der Waals surface area (Å²) >= 11 is 11.7. The maximum atomic E-state index is 5.83. The van der Waals surface area contributed by atoms with E-state index in [0.29, 0.717) is 21.4 Å². The Morgan fingerprint density at radius 2 is 1.09 bits per heavy atom. The molecule has 0 atom stereocenters.